The van der Waals surface area contributed by atoms with Crippen molar-refractivity contribution in [2.45, 2.75) is 0 Å². The van der Waals surface area contributed by atoms with Crippen LogP contribution in [0.25, 0.3) is 0 Å². The predicted octanol–water partition coefficient (Wildman–Crippen LogP) is -5.42. The van der Waals surface area contributed by atoms with E-state index in [0.717, 1.165) is 19.6 Å². The lowest BCUT2D eigenvalue weighted by molar-refractivity contribution is -0.275. The molecule has 0 aromatic heterocycles. The molecule has 4 amide bonds. The zero-order chi connectivity index (χ0) is 18.3. The summed E-state index contributed by atoms with van der Waals surface area (Å²) in [7, 11) is 0. The van der Waals surface area contributed by atoms with Crippen LogP contribution in [-0.4, -0.2) is 96.3 Å². The molecule has 1 rings (SSSR count). The number of carbonyl (C=O) groups excluding carboxylic acids is 4. The molecule has 1 fully saturated rings. The predicted molar refractivity (Wildman–Crippen MR) is 67.9 cm³/mol. The number of rotatable bonds is 0. The largest absolute Gasteiger partial charge is 0.530 e. The summed E-state index contributed by atoms with van der Waals surface area (Å²) in [5.74, 6) is 0. The number of hydrogen-bond donors (Lipinski definition) is 0. The second kappa shape index (κ2) is 8.64. The third kappa shape index (κ3) is 5.70. The van der Waals surface area contributed by atoms with Crippen LogP contribution in [0.5, 0.6) is 0 Å². The molecule has 0 unspecified atom stereocenters. The van der Waals surface area contributed by atoms with Gasteiger partial charge < -0.3 is 59.2 Å². The van der Waals surface area contributed by atoms with Crippen LogP contribution in [0, 0.1) is 0 Å². The molecule has 136 valence electrons. The highest BCUT2D eigenvalue weighted by molar-refractivity contribution is 5.65. The Kier molecular flexibility index (Phi) is 6.89. The SMILES string of the molecule is O=C([O-])N1CCN(C(=O)[O-])CCN(C(=O)[O-])CCN(C(=O)[O-])CC1. The lowest BCUT2D eigenvalue weighted by Crippen LogP contribution is -2.56. The number of carbonyl (C=O) groups is 4. The van der Waals surface area contributed by atoms with Gasteiger partial charge in [0.2, 0.25) is 0 Å². The molecule has 1 aliphatic heterocycles. The molecule has 0 N–H and O–H groups in total. The molecule has 24 heavy (non-hydrogen) atoms. The average molecular weight is 344 g/mol. The van der Waals surface area contributed by atoms with Crippen molar-refractivity contribution in [2.24, 2.45) is 0 Å². The summed E-state index contributed by atoms with van der Waals surface area (Å²) < 4.78 is 0. The Morgan fingerprint density at radius 2 is 0.542 bits per heavy atom. The first-order valence-corrected chi connectivity index (χ1v) is 7.06. The van der Waals surface area contributed by atoms with Crippen LogP contribution in [0.15, 0.2) is 0 Å². The van der Waals surface area contributed by atoms with E-state index in [2.05, 4.69) is 0 Å². The average Bonchev–Trinajstić information content (AvgIpc) is 2.46. The Labute approximate surface area is 137 Å². The molecule has 1 heterocycles. The third-order valence-electron chi connectivity index (χ3n) is 3.59. The van der Waals surface area contributed by atoms with E-state index in [1.807, 2.05) is 0 Å². The zero-order valence-corrected chi connectivity index (χ0v) is 12.7. The molecular formula is C12H16N4O8-4. The van der Waals surface area contributed by atoms with Crippen LogP contribution in [0.2, 0.25) is 0 Å². The minimum atomic E-state index is -1.58. The molecule has 12 nitrogen and oxygen atoms in total. The first-order chi connectivity index (χ1) is 11.2. The van der Waals surface area contributed by atoms with Crippen LogP contribution in [0.1, 0.15) is 0 Å². The Balaban J connectivity index is 2.92. The zero-order valence-electron chi connectivity index (χ0n) is 12.7. The Morgan fingerprint density at radius 3 is 0.625 bits per heavy atom. The second-order valence-corrected chi connectivity index (χ2v) is 5.01. The molecule has 0 saturated carbocycles. The van der Waals surface area contributed by atoms with Gasteiger partial charge in [0.1, 0.15) is 24.4 Å². The third-order valence-corrected chi connectivity index (χ3v) is 3.59. The van der Waals surface area contributed by atoms with Gasteiger partial charge in [0.15, 0.2) is 0 Å². The minimum absolute atomic E-state index is 0.275. The lowest BCUT2D eigenvalue weighted by Gasteiger charge is -2.37. The molecule has 12 heteroatoms. The fourth-order valence-electron chi connectivity index (χ4n) is 2.14. The van der Waals surface area contributed by atoms with Gasteiger partial charge >= 0.3 is 0 Å². The molecule has 0 aliphatic carbocycles. The van der Waals surface area contributed by atoms with E-state index in [4.69, 9.17) is 0 Å². The molecule has 0 spiro atoms. The Bertz CT molecular complexity index is 395. The Morgan fingerprint density at radius 1 is 0.417 bits per heavy atom. The van der Waals surface area contributed by atoms with Gasteiger partial charge in [0.25, 0.3) is 0 Å². The number of amides is 4. The van der Waals surface area contributed by atoms with Crippen molar-refractivity contribution >= 4 is 24.4 Å². The van der Waals surface area contributed by atoms with Crippen molar-refractivity contribution < 1.29 is 39.6 Å². The molecule has 1 aliphatic rings. The summed E-state index contributed by atoms with van der Waals surface area (Å²) in [5, 5.41) is 44.1. The highest BCUT2D eigenvalue weighted by Crippen LogP contribution is 2.00. The highest BCUT2D eigenvalue weighted by atomic mass is 16.4. The van der Waals surface area contributed by atoms with Crippen LogP contribution in [0.4, 0.5) is 19.2 Å². The molecule has 0 radical (unpaired) electrons. The van der Waals surface area contributed by atoms with Crippen LogP contribution >= 0.6 is 0 Å². The van der Waals surface area contributed by atoms with Gasteiger partial charge in [-0.15, -0.1) is 0 Å². The number of hydrogen-bond acceptors (Lipinski definition) is 8. The standard InChI is InChI=1S/C12H20N4O8/c17-9(18)13-1-2-14(10(19)20)5-6-16(12(23)24)8-7-15(4-3-13)11(21)22/h1-8H2,(H,17,18)(H,19,20)(H,21,22)(H,23,24)/p-4. The summed E-state index contributed by atoms with van der Waals surface area (Å²) in [6.45, 7) is -2.20. The van der Waals surface area contributed by atoms with Gasteiger partial charge in [-0.1, -0.05) is 0 Å². The van der Waals surface area contributed by atoms with E-state index in [1.54, 1.807) is 0 Å². The summed E-state index contributed by atoms with van der Waals surface area (Å²) in [4.78, 5) is 47.1. The molecule has 0 aromatic carbocycles. The van der Waals surface area contributed by atoms with E-state index in [-0.39, 0.29) is 52.4 Å². The smallest absolute Gasteiger partial charge is 0.137 e. The molecule has 0 atom stereocenters. The monoisotopic (exact) mass is 344 g/mol. The highest BCUT2D eigenvalue weighted by Gasteiger charge is 2.16. The van der Waals surface area contributed by atoms with Crippen LogP contribution < -0.4 is 20.4 Å². The van der Waals surface area contributed by atoms with Gasteiger partial charge in [-0.05, 0) is 0 Å². The van der Waals surface area contributed by atoms with E-state index in [1.165, 1.54) is 0 Å². The molecule has 0 bridgehead atoms. The summed E-state index contributed by atoms with van der Waals surface area (Å²) >= 11 is 0. The fourth-order valence-corrected chi connectivity index (χ4v) is 2.14. The quantitative estimate of drug-likeness (QED) is 0.418. The van der Waals surface area contributed by atoms with Crippen molar-refractivity contribution in [3.05, 3.63) is 0 Å². The maximum absolute atomic E-state index is 11.0. The summed E-state index contributed by atoms with van der Waals surface area (Å²) in [5.41, 5.74) is 0. The Hall–Kier alpha value is -2.92. The maximum atomic E-state index is 11.0. The first kappa shape index (κ1) is 19.1. The minimum Gasteiger partial charge on any atom is -0.530 e. The first-order valence-electron chi connectivity index (χ1n) is 7.06. The van der Waals surface area contributed by atoms with Gasteiger partial charge in [0.05, 0.1) is 0 Å². The van der Waals surface area contributed by atoms with Crippen molar-refractivity contribution in [2.75, 3.05) is 52.4 Å². The lowest BCUT2D eigenvalue weighted by atomic mass is 10.3. The fraction of sp³-hybridized carbons (Fsp3) is 0.667. The van der Waals surface area contributed by atoms with Gasteiger partial charge in [-0.3, -0.25) is 0 Å². The number of nitrogens with zero attached hydrogens (tertiary/aromatic N) is 4. The van der Waals surface area contributed by atoms with Crippen molar-refractivity contribution in [1.82, 2.24) is 19.6 Å². The molecule has 0 aromatic rings. The number of carboxylic acid groups (broad SMARTS) is 4. The maximum Gasteiger partial charge on any atom is 0.137 e. The van der Waals surface area contributed by atoms with Crippen LogP contribution in [-0.2, 0) is 0 Å². The van der Waals surface area contributed by atoms with Crippen molar-refractivity contribution in [3.63, 3.8) is 0 Å². The van der Waals surface area contributed by atoms with E-state index < -0.39 is 24.4 Å². The molecule has 1 saturated heterocycles. The van der Waals surface area contributed by atoms with E-state index in [9.17, 15) is 39.6 Å². The van der Waals surface area contributed by atoms with Gasteiger partial charge in [-0.2, -0.15) is 0 Å². The van der Waals surface area contributed by atoms with Gasteiger partial charge in [-0.25, -0.2) is 0 Å². The van der Waals surface area contributed by atoms with E-state index >= 15 is 0 Å². The molecular weight excluding hydrogens is 328 g/mol. The van der Waals surface area contributed by atoms with Gasteiger partial charge in [0, 0.05) is 52.4 Å². The van der Waals surface area contributed by atoms with Crippen molar-refractivity contribution in [1.29, 1.82) is 0 Å². The van der Waals surface area contributed by atoms with Crippen LogP contribution in [0.3, 0.4) is 0 Å². The summed E-state index contributed by atoms with van der Waals surface area (Å²) in [6, 6.07) is 0. The second-order valence-electron chi connectivity index (χ2n) is 5.01. The summed E-state index contributed by atoms with van der Waals surface area (Å²) in [6.07, 6.45) is -6.33. The normalized spacial score (nSPS) is 17.7. The topological polar surface area (TPSA) is 173 Å². The van der Waals surface area contributed by atoms with Crippen molar-refractivity contribution in [3.8, 4) is 0 Å². The van der Waals surface area contributed by atoms with E-state index in [0.29, 0.717) is 0 Å².